The summed E-state index contributed by atoms with van der Waals surface area (Å²) >= 11 is 5.95. The summed E-state index contributed by atoms with van der Waals surface area (Å²) in [5.74, 6) is -0.539. The number of aromatic nitrogens is 2. The molecule has 3 rings (SSSR count). The predicted molar refractivity (Wildman–Crippen MR) is 77.2 cm³/mol. The maximum atomic E-state index is 14.4. The van der Waals surface area contributed by atoms with E-state index in [9.17, 15) is 9.50 Å². The summed E-state index contributed by atoms with van der Waals surface area (Å²) in [5, 5.41) is 18.3. The van der Waals surface area contributed by atoms with Crippen LogP contribution in [0.3, 0.4) is 0 Å². The maximum absolute atomic E-state index is 14.4. The second-order valence-corrected chi connectivity index (χ2v) is 6.44. The van der Waals surface area contributed by atoms with Crippen LogP contribution < -0.4 is 0 Å². The van der Waals surface area contributed by atoms with Crippen molar-refractivity contribution in [3.63, 3.8) is 0 Å². The zero-order valence-electron chi connectivity index (χ0n) is 11.4. The third kappa shape index (κ3) is 2.11. The molecule has 0 radical (unpaired) electrons. The Morgan fingerprint density at radius 3 is 2.80 bits per heavy atom. The number of aromatic amines is 1. The number of rotatable bonds is 2. The molecule has 1 aliphatic carbocycles. The van der Waals surface area contributed by atoms with Gasteiger partial charge in [0.1, 0.15) is 5.82 Å². The van der Waals surface area contributed by atoms with Crippen LogP contribution in [0.2, 0.25) is 5.02 Å². The van der Waals surface area contributed by atoms with Crippen molar-refractivity contribution in [1.82, 2.24) is 10.2 Å². The average molecular weight is 297 g/mol. The maximum Gasteiger partial charge on any atom is 0.149 e. The highest BCUT2D eigenvalue weighted by Gasteiger charge is 2.38. The summed E-state index contributed by atoms with van der Waals surface area (Å²) in [4.78, 5) is 0. The van der Waals surface area contributed by atoms with E-state index in [1.807, 2.05) is 6.92 Å². The van der Waals surface area contributed by atoms with E-state index in [2.05, 4.69) is 10.2 Å². The Bertz CT molecular complexity index is 634. The van der Waals surface area contributed by atoms with Crippen LogP contribution in [0.25, 0.3) is 10.9 Å². The van der Waals surface area contributed by atoms with Crippen LogP contribution in [0.1, 0.15) is 50.7 Å². The first-order chi connectivity index (χ1) is 9.53. The largest absolute Gasteiger partial charge is 0.388 e. The Balaban J connectivity index is 2.13. The zero-order valence-corrected chi connectivity index (χ0v) is 12.2. The van der Waals surface area contributed by atoms with Gasteiger partial charge in [-0.15, -0.1) is 0 Å². The third-order valence-corrected chi connectivity index (χ3v) is 4.87. The predicted octanol–water partition coefficient (Wildman–Crippen LogP) is 4.36. The Morgan fingerprint density at radius 1 is 1.40 bits per heavy atom. The number of fused-ring (bicyclic) bond motifs is 1. The third-order valence-electron chi connectivity index (χ3n) is 4.60. The molecule has 1 fully saturated rings. The van der Waals surface area contributed by atoms with E-state index >= 15 is 0 Å². The van der Waals surface area contributed by atoms with Gasteiger partial charge in [-0.3, -0.25) is 5.10 Å². The standard InChI is InChI=1S/C15H18ClFN2O/c1-15(5-3-2-4-6-15)14(20)11-12(17)10(16)7-9-8-18-19-13(9)11/h7-8,14,20H,2-6H2,1H3,(H,18,19). The number of aliphatic hydroxyl groups excluding tert-OH is 1. The number of nitrogens with zero attached hydrogens (tertiary/aromatic N) is 1. The van der Waals surface area contributed by atoms with Crippen molar-refractivity contribution in [2.75, 3.05) is 0 Å². The van der Waals surface area contributed by atoms with Crippen molar-refractivity contribution < 1.29 is 9.50 Å². The molecule has 0 spiro atoms. The Labute approximate surface area is 122 Å². The van der Waals surface area contributed by atoms with Crippen LogP contribution in [0.15, 0.2) is 12.3 Å². The molecule has 1 aromatic carbocycles. The second kappa shape index (κ2) is 5.01. The molecule has 2 aromatic rings. The Kier molecular flexibility index (Phi) is 3.46. The van der Waals surface area contributed by atoms with Gasteiger partial charge in [-0.2, -0.15) is 5.10 Å². The molecule has 1 aromatic heterocycles. The van der Waals surface area contributed by atoms with E-state index in [0.29, 0.717) is 5.52 Å². The molecular formula is C15H18ClFN2O. The lowest BCUT2D eigenvalue weighted by atomic mass is 9.70. The first-order valence-corrected chi connectivity index (χ1v) is 7.40. The van der Waals surface area contributed by atoms with Crippen molar-refractivity contribution in [3.8, 4) is 0 Å². The highest BCUT2D eigenvalue weighted by molar-refractivity contribution is 6.31. The zero-order chi connectivity index (χ0) is 14.3. The molecule has 0 saturated heterocycles. The van der Waals surface area contributed by atoms with Gasteiger partial charge in [0, 0.05) is 10.9 Å². The molecule has 1 unspecified atom stereocenters. The molecule has 0 aliphatic heterocycles. The van der Waals surface area contributed by atoms with Gasteiger partial charge >= 0.3 is 0 Å². The van der Waals surface area contributed by atoms with Crippen LogP contribution in [-0.2, 0) is 0 Å². The van der Waals surface area contributed by atoms with E-state index in [4.69, 9.17) is 11.6 Å². The van der Waals surface area contributed by atoms with Crippen LogP contribution in [-0.4, -0.2) is 15.3 Å². The molecule has 0 bridgehead atoms. The van der Waals surface area contributed by atoms with Crippen LogP contribution in [0, 0.1) is 11.2 Å². The molecule has 1 aliphatic rings. The number of hydrogen-bond acceptors (Lipinski definition) is 2. The molecule has 1 saturated carbocycles. The van der Waals surface area contributed by atoms with Gasteiger partial charge in [0.25, 0.3) is 0 Å². The highest BCUT2D eigenvalue weighted by atomic mass is 35.5. The van der Waals surface area contributed by atoms with E-state index in [1.54, 1.807) is 6.20 Å². The molecule has 3 nitrogen and oxygen atoms in total. The number of nitrogens with one attached hydrogen (secondary N) is 1. The summed E-state index contributed by atoms with van der Waals surface area (Å²) < 4.78 is 14.4. The SMILES string of the molecule is CC1(C(O)c2c(F)c(Cl)cc3cn[nH]c23)CCCCC1. The van der Waals surface area contributed by atoms with Crippen molar-refractivity contribution in [2.24, 2.45) is 5.41 Å². The lowest BCUT2D eigenvalue weighted by molar-refractivity contribution is 0.00681. The summed E-state index contributed by atoms with van der Waals surface area (Å²) in [6.07, 6.45) is 5.85. The number of hydrogen-bond donors (Lipinski definition) is 2. The molecule has 1 atom stereocenters. The lowest BCUT2D eigenvalue weighted by Crippen LogP contribution is -2.29. The van der Waals surface area contributed by atoms with Gasteiger partial charge in [-0.05, 0) is 24.3 Å². The van der Waals surface area contributed by atoms with E-state index < -0.39 is 11.9 Å². The lowest BCUT2D eigenvalue weighted by Gasteiger charge is -2.38. The fraction of sp³-hybridized carbons (Fsp3) is 0.533. The van der Waals surface area contributed by atoms with Gasteiger partial charge in [0.15, 0.2) is 0 Å². The Morgan fingerprint density at radius 2 is 2.10 bits per heavy atom. The molecule has 5 heteroatoms. The highest BCUT2D eigenvalue weighted by Crippen LogP contribution is 2.48. The monoisotopic (exact) mass is 296 g/mol. The van der Waals surface area contributed by atoms with Crippen molar-refractivity contribution >= 4 is 22.5 Å². The van der Waals surface area contributed by atoms with Crippen LogP contribution in [0.4, 0.5) is 4.39 Å². The van der Waals surface area contributed by atoms with Gasteiger partial charge in [-0.1, -0.05) is 37.8 Å². The number of benzene rings is 1. The molecular weight excluding hydrogens is 279 g/mol. The van der Waals surface area contributed by atoms with E-state index in [0.717, 1.165) is 31.1 Å². The van der Waals surface area contributed by atoms with Crippen molar-refractivity contribution in [3.05, 3.63) is 28.7 Å². The topological polar surface area (TPSA) is 48.9 Å². The van der Waals surface area contributed by atoms with Gasteiger partial charge in [-0.25, -0.2) is 4.39 Å². The minimum absolute atomic E-state index is 0.0346. The van der Waals surface area contributed by atoms with Gasteiger partial charge in [0.2, 0.25) is 0 Å². The average Bonchev–Trinajstić information content (AvgIpc) is 2.88. The first-order valence-electron chi connectivity index (χ1n) is 7.02. The van der Waals surface area contributed by atoms with Crippen molar-refractivity contribution in [1.29, 1.82) is 0 Å². The molecule has 108 valence electrons. The van der Waals surface area contributed by atoms with E-state index in [1.165, 1.54) is 12.5 Å². The molecule has 2 N–H and O–H groups in total. The summed E-state index contributed by atoms with van der Waals surface area (Å²) in [5.41, 5.74) is 0.502. The van der Waals surface area contributed by atoms with Crippen molar-refractivity contribution in [2.45, 2.75) is 45.1 Å². The minimum atomic E-state index is -0.871. The van der Waals surface area contributed by atoms with Gasteiger partial charge < -0.3 is 5.11 Å². The number of H-pyrrole nitrogens is 1. The quantitative estimate of drug-likeness (QED) is 0.865. The van der Waals surface area contributed by atoms with Crippen LogP contribution >= 0.6 is 11.6 Å². The van der Waals surface area contributed by atoms with E-state index in [-0.39, 0.29) is 16.0 Å². The molecule has 1 heterocycles. The summed E-state index contributed by atoms with van der Waals surface area (Å²) in [6, 6.07) is 1.54. The molecule has 0 amide bonds. The van der Waals surface area contributed by atoms with Gasteiger partial charge in [0.05, 0.1) is 22.8 Å². The minimum Gasteiger partial charge on any atom is -0.388 e. The number of halogens is 2. The fourth-order valence-electron chi connectivity index (χ4n) is 3.30. The fourth-order valence-corrected chi connectivity index (χ4v) is 3.52. The van der Waals surface area contributed by atoms with Crippen LogP contribution in [0.5, 0.6) is 0 Å². The summed E-state index contributed by atoms with van der Waals surface area (Å²) in [6.45, 7) is 2.03. The smallest absolute Gasteiger partial charge is 0.149 e. The molecule has 20 heavy (non-hydrogen) atoms. The summed E-state index contributed by atoms with van der Waals surface area (Å²) in [7, 11) is 0. The first kappa shape index (κ1) is 13.8. The normalized spacial score (nSPS) is 20.2. The Hall–Kier alpha value is -1.13. The number of aliphatic hydroxyl groups is 1. The second-order valence-electron chi connectivity index (χ2n) is 6.04.